The minimum Gasteiger partial charge on any atom is -0.389 e. The average molecular weight is 406 g/mol. The maximum atomic E-state index is 13.2. The van der Waals surface area contributed by atoms with E-state index in [1.807, 2.05) is 36.4 Å². The Morgan fingerprint density at radius 3 is 2.73 bits per heavy atom. The summed E-state index contributed by atoms with van der Waals surface area (Å²) in [6.07, 6.45) is 3.33. The smallest absolute Gasteiger partial charge is 0.325 e. The Balaban J connectivity index is 1.25. The van der Waals surface area contributed by atoms with Crippen LogP contribution in [0.15, 0.2) is 48.5 Å². The van der Waals surface area contributed by atoms with E-state index in [1.54, 1.807) is 0 Å². The maximum Gasteiger partial charge on any atom is 0.325 e. The highest BCUT2D eigenvalue weighted by atomic mass is 16.5. The summed E-state index contributed by atoms with van der Waals surface area (Å²) in [6.45, 7) is 0.0165. The van der Waals surface area contributed by atoms with E-state index in [4.69, 9.17) is 4.74 Å². The number of carbonyl (C=O) groups excluding carboxylic acids is 2. The number of aliphatic hydroxyl groups is 1. The monoisotopic (exact) mass is 406 g/mol. The number of amides is 3. The van der Waals surface area contributed by atoms with E-state index in [0.717, 1.165) is 41.7 Å². The first-order chi connectivity index (χ1) is 14.6. The van der Waals surface area contributed by atoms with Gasteiger partial charge in [0.25, 0.3) is 5.91 Å². The molecule has 5 rings (SSSR count). The molecule has 0 aromatic heterocycles. The molecule has 3 aliphatic rings. The van der Waals surface area contributed by atoms with Crippen LogP contribution >= 0.6 is 0 Å². The predicted octanol–water partition coefficient (Wildman–Crippen LogP) is 2.84. The molecule has 1 fully saturated rings. The number of urea groups is 1. The summed E-state index contributed by atoms with van der Waals surface area (Å²) < 4.78 is 6.01. The van der Waals surface area contributed by atoms with Crippen molar-refractivity contribution in [1.29, 1.82) is 0 Å². The van der Waals surface area contributed by atoms with Crippen molar-refractivity contribution in [2.45, 2.75) is 49.9 Å². The van der Waals surface area contributed by atoms with Crippen LogP contribution in [0.25, 0.3) is 0 Å². The van der Waals surface area contributed by atoms with Gasteiger partial charge in [0.1, 0.15) is 5.54 Å². The summed E-state index contributed by atoms with van der Waals surface area (Å²) in [6, 6.07) is 15.5. The van der Waals surface area contributed by atoms with Gasteiger partial charge in [0.2, 0.25) is 0 Å². The summed E-state index contributed by atoms with van der Waals surface area (Å²) in [7, 11) is 0. The zero-order chi connectivity index (χ0) is 20.7. The fraction of sp³-hybridized carbons (Fsp3) is 0.417. The minimum atomic E-state index is -0.990. The van der Waals surface area contributed by atoms with Gasteiger partial charge < -0.3 is 15.2 Å². The van der Waals surface area contributed by atoms with E-state index in [-0.39, 0.29) is 25.2 Å². The van der Waals surface area contributed by atoms with Crippen LogP contribution in [0.2, 0.25) is 0 Å². The third-order valence-corrected chi connectivity index (χ3v) is 6.62. The summed E-state index contributed by atoms with van der Waals surface area (Å²) >= 11 is 0. The molecule has 1 heterocycles. The highest BCUT2D eigenvalue weighted by Gasteiger charge is 2.55. The number of nitrogens with zero attached hydrogens (tertiary/aromatic N) is 1. The number of ether oxygens (including phenoxy) is 1. The van der Waals surface area contributed by atoms with Crippen LogP contribution in [-0.2, 0) is 27.9 Å². The van der Waals surface area contributed by atoms with Gasteiger partial charge in [-0.25, -0.2) is 4.79 Å². The molecular formula is C24H26N2O4. The molecule has 2 aromatic rings. The fourth-order valence-electron chi connectivity index (χ4n) is 5.13. The van der Waals surface area contributed by atoms with Gasteiger partial charge in [-0.05, 0) is 54.4 Å². The van der Waals surface area contributed by atoms with Crippen LogP contribution in [0.1, 0.15) is 47.6 Å². The zero-order valence-corrected chi connectivity index (χ0v) is 16.8. The number of aliphatic hydroxyl groups excluding tert-OH is 1. The Hall–Kier alpha value is -2.70. The largest absolute Gasteiger partial charge is 0.389 e. The first kappa shape index (κ1) is 19.3. The lowest BCUT2D eigenvalue weighted by Crippen LogP contribution is -2.43. The number of benzene rings is 2. The second kappa shape index (κ2) is 7.52. The summed E-state index contributed by atoms with van der Waals surface area (Å²) in [4.78, 5) is 26.9. The van der Waals surface area contributed by atoms with Crippen LogP contribution in [0, 0.1) is 0 Å². The van der Waals surface area contributed by atoms with E-state index in [0.29, 0.717) is 6.42 Å². The molecule has 3 atom stereocenters. The third-order valence-electron chi connectivity index (χ3n) is 6.62. The van der Waals surface area contributed by atoms with Crippen LogP contribution in [-0.4, -0.2) is 41.2 Å². The van der Waals surface area contributed by atoms with Crippen molar-refractivity contribution in [3.63, 3.8) is 0 Å². The molecule has 2 aromatic carbocycles. The summed E-state index contributed by atoms with van der Waals surface area (Å²) in [5, 5.41) is 13.4. The van der Waals surface area contributed by atoms with Crippen LogP contribution < -0.4 is 5.32 Å². The Bertz CT molecular complexity index is 991. The first-order valence-electron chi connectivity index (χ1n) is 10.7. The molecule has 156 valence electrons. The molecule has 1 spiro atoms. The Kier molecular flexibility index (Phi) is 4.83. The van der Waals surface area contributed by atoms with Crippen molar-refractivity contribution in [2.24, 2.45) is 0 Å². The van der Waals surface area contributed by atoms with Gasteiger partial charge in [-0.3, -0.25) is 9.69 Å². The topological polar surface area (TPSA) is 78.9 Å². The molecular weight excluding hydrogens is 380 g/mol. The first-order valence-corrected chi connectivity index (χ1v) is 10.7. The average Bonchev–Trinajstić information content (AvgIpc) is 3.25. The van der Waals surface area contributed by atoms with Crippen LogP contribution in [0.3, 0.4) is 0 Å². The lowest BCUT2D eigenvalue weighted by Gasteiger charge is -2.27. The normalized spacial score (nSPS) is 25.9. The standard InChI is InChI=1S/C24H26N2O4/c27-18(15-30-21-11-5-8-16-6-1-3-9-19(16)21)14-26-22(28)24(25-23(26)29)13-12-17-7-2-4-10-20(17)24/h1-4,6-7,9-10,18,21,27H,5,8,11-15H2,(H,25,29)/t18-,21-,24-/m0/s1. The van der Waals surface area contributed by atoms with Crippen LogP contribution in [0.5, 0.6) is 0 Å². The van der Waals surface area contributed by atoms with Crippen molar-refractivity contribution in [3.05, 3.63) is 70.8 Å². The molecule has 0 saturated carbocycles. The van der Waals surface area contributed by atoms with Gasteiger partial charge in [-0.15, -0.1) is 0 Å². The van der Waals surface area contributed by atoms with Gasteiger partial charge in [-0.2, -0.15) is 0 Å². The number of rotatable bonds is 5. The zero-order valence-electron chi connectivity index (χ0n) is 16.8. The molecule has 0 unspecified atom stereocenters. The number of nitrogens with one attached hydrogen (secondary N) is 1. The number of fused-ring (bicyclic) bond motifs is 3. The number of hydrogen-bond donors (Lipinski definition) is 2. The van der Waals surface area contributed by atoms with E-state index in [1.165, 1.54) is 11.1 Å². The SMILES string of the molecule is O=C1N[C@]2(CCc3ccccc32)C(=O)N1C[C@H](O)CO[C@H]1CCCc2ccccc21. The minimum absolute atomic E-state index is 0.0549. The van der Waals surface area contributed by atoms with E-state index in [9.17, 15) is 14.7 Å². The maximum absolute atomic E-state index is 13.2. The molecule has 3 amide bonds. The second-order valence-electron chi connectivity index (χ2n) is 8.48. The highest BCUT2D eigenvalue weighted by Crippen LogP contribution is 2.41. The van der Waals surface area contributed by atoms with Crippen molar-refractivity contribution in [3.8, 4) is 0 Å². The van der Waals surface area contributed by atoms with Gasteiger partial charge in [0.15, 0.2) is 0 Å². The Morgan fingerprint density at radius 2 is 1.87 bits per heavy atom. The van der Waals surface area contributed by atoms with Gasteiger partial charge >= 0.3 is 6.03 Å². The lowest BCUT2D eigenvalue weighted by atomic mass is 9.89. The molecule has 1 aliphatic heterocycles. The molecule has 0 radical (unpaired) electrons. The summed E-state index contributed by atoms with van der Waals surface area (Å²) in [5.41, 5.74) is 3.44. The van der Waals surface area contributed by atoms with Crippen molar-refractivity contribution >= 4 is 11.9 Å². The van der Waals surface area contributed by atoms with Crippen LogP contribution in [0.4, 0.5) is 4.79 Å². The number of imide groups is 1. The Labute approximate surface area is 175 Å². The number of aryl methyl sites for hydroxylation is 2. The molecule has 1 saturated heterocycles. The number of carbonyl (C=O) groups is 2. The molecule has 0 bridgehead atoms. The van der Waals surface area contributed by atoms with Gasteiger partial charge in [0.05, 0.1) is 25.4 Å². The molecule has 30 heavy (non-hydrogen) atoms. The van der Waals surface area contributed by atoms with Gasteiger partial charge in [-0.1, -0.05) is 48.5 Å². The summed E-state index contributed by atoms with van der Waals surface area (Å²) in [5.74, 6) is -0.278. The van der Waals surface area contributed by atoms with Crippen molar-refractivity contribution < 1.29 is 19.4 Å². The Morgan fingerprint density at radius 1 is 1.10 bits per heavy atom. The molecule has 2 N–H and O–H groups in total. The third kappa shape index (κ3) is 3.11. The number of hydrogen-bond acceptors (Lipinski definition) is 4. The van der Waals surface area contributed by atoms with Gasteiger partial charge in [0, 0.05) is 0 Å². The second-order valence-corrected chi connectivity index (χ2v) is 8.48. The molecule has 2 aliphatic carbocycles. The predicted molar refractivity (Wildman–Crippen MR) is 111 cm³/mol. The molecule has 6 nitrogen and oxygen atoms in total. The number of β-amino-alcohol motifs (C(OH)–C–C–N with tert-alkyl or cyclic N) is 1. The van der Waals surface area contributed by atoms with E-state index in [2.05, 4.69) is 17.4 Å². The quantitative estimate of drug-likeness (QED) is 0.749. The molecule has 6 heteroatoms. The highest BCUT2D eigenvalue weighted by molar-refractivity contribution is 6.08. The van der Waals surface area contributed by atoms with E-state index >= 15 is 0 Å². The lowest BCUT2D eigenvalue weighted by molar-refractivity contribution is -0.133. The van der Waals surface area contributed by atoms with Crippen molar-refractivity contribution in [2.75, 3.05) is 13.2 Å². The fourth-order valence-corrected chi connectivity index (χ4v) is 5.13. The van der Waals surface area contributed by atoms with Crippen molar-refractivity contribution in [1.82, 2.24) is 10.2 Å². The van der Waals surface area contributed by atoms with E-state index < -0.39 is 17.7 Å².